The van der Waals surface area contributed by atoms with E-state index in [0.717, 1.165) is 38.3 Å². The minimum Gasteiger partial charge on any atom is -0.369 e. The molecule has 1 heterocycles. The highest BCUT2D eigenvalue weighted by Gasteiger charge is 2.18. The van der Waals surface area contributed by atoms with Crippen LogP contribution in [-0.4, -0.2) is 37.0 Å². The number of anilines is 2. The van der Waals surface area contributed by atoms with E-state index in [9.17, 15) is 9.18 Å². The Hall–Kier alpha value is -3.18. The molecule has 0 aliphatic carbocycles. The molecule has 1 N–H and O–H groups in total. The molecule has 1 saturated heterocycles. The van der Waals surface area contributed by atoms with Crippen molar-refractivity contribution in [1.29, 1.82) is 0 Å². The van der Waals surface area contributed by atoms with Crippen LogP contribution in [0.15, 0.2) is 66.7 Å². The lowest BCUT2D eigenvalue weighted by Crippen LogP contribution is -2.46. The normalized spacial score (nSPS) is 14.5. The van der Waals surface area contributed by atoms with Gasteiger partial charge in [0.25, 0.3) is 5.91 Å². The molecule has 1 fully saturated rings. The number of carbonyl (C=O) groups is 1. The van der Waals surface area contributed by atoms with Crippen molar-refractivity contribution in [2.75, 3.05) is 36.4 Å². The van der Waals surface area contributed by atoms with Crippen molar-refractivity contribution in [3.63, 3.8) is 0 Å². The summed E-state index contributed by atoms with van der Waals surface area (Å²) in [7, 11) is 0. The molecule has 160 valence electrons. The first-order valence-electron chi connectivity index (χ1n) is 10.7. The van der Waals surface area contributed by atoms with Crippen molar-refractivity contribution in [3.8, 4) is 0 Å². The predicted molar refractivity (Wildman–Crippen MR) is 124 cm³/mol. The highest BCUT2D eigenvalue weighted by molar-refractivity contribution is 6.04. The molecule has 31 heavy (non-hydrogen) atoms. The Labute approximate surface area is 183 Å². The van der Waals surface area contributed by atoms with Crippen LogP contribution < -0.4 is 10.2 Å². The molecule has 0 atom stereocenters. The molecule has 3 aromatic carbocycles. The van der Waals surface area contributed by atoms with Crippen molar-refractivity contribution < 1.29 is 9.18 Å². The zero-order valence-electron chi connectivity index (χ0n) is 18.1. The molecule has 5 heteroatoms. The van der Waals surface area contributed by atoms with Crippen LogP contribution in [0.2, 0.25) is 0 Å². The lowest BCUT2D eigenvalue weighted by molar-refractivity contribution is 0.102. The third-order valence-electron chi connectivity index (χ3n) is 5.93. The van der Waals surface area contributed by atoms with E-state index in [1.807, 2.05) is 12.1 Å². The molecule has 1 aliphatic rings. The van der Waals surface area contributed by atoms with Crippen LogP contribution in [0.4, 0.5) is 15.8 Å². The highest BCUT2D eigenvalue weighted by Crippen LogP contribution is 2.21. The van der Waals surface area contributed by atoms with E-state index in [0.29, 0.717) is 11.3 Å². The molecule has 0 saturated carbocycles. The first kappa shape index (κ1) is 21.1. The first-order valence-corrected chi connectivity index (χ1v) is 10.7. The average Bonchev–Trinajstić information content (AvgIpc) is 2.78. The SMILES string of the molecule is Cc1ccc(N2CCN(Cc3cccc(C(=O)Nc4ccc(F)cc4)c3)CC2)cc1C. The van der Waals surface area contributed by atoms with Crippen LogP contribution in [-0.2, 0) is 6.54 Å². The van der Waals surface area contributed by atoms with Gasteiger partial charge in [-0.15, -0.1) is 0 Å². The van der Waals surface area contributed by atoms with E-state index in [-0.39, 0.29) is 11.7 Å². The van der Waals surface area contributed by atoms with Gasteiger partial charge in [0.2, 0.25) is 0 Å². The van der Waals surface area contributed by atoms with Gasteiger partial charge in [0.15, 0.2) is 0 Å². The standard InChI is InChI=1S/C26H28FN3O/c1-19-6-11-25(16-20(19)2)30-14-12-29(13-15-30)18-21-4-3-5-22(17-21)26(31)28-24-9-7-23(27)8-10-24/h3-11,16-17H,12-15,18H2,1-2H3,(H,28,31). The fourth-order valence-corrected chi connectivity index (χ4v) is 3.89. The number of piperazine rings is 1. The second-order valence-corrected chi connectivity index (χ2v) is 8.19. The first-order chi connectivity index (χ1) is 15.0. The number of halogens is 1. The lowest BCUT2D eigenvalue weighted by atomic mass is 10.1. The third-order valence-corrected chi connectivity index (χ3v) is 5.93. The number of nitrogens with zero attached hydrogens (tertiary/aromatic N) is 2. The van der Waals surface area contributed by atoms with Gasteiger partial charge in [-0.25, -0.2) is 4.39 Å². The molecule has 1 amide bonds. The van der Waals surface area contributed by atoms with Crippen molar-refractivity contribution in [3.05, 3.63) is 94.8 Å². The number of hydrogen-bond donors (Lipinski definition) is 1. The van der Waals surface area contributed by atoms with Gasteiger partial charge in [-0.3, -0.25) is 9.69 Å². The number of nitrogens with one attached hydrogen (secondary N) is 1. The molecule has 0 spiro atoms. The molecular weight excluding hydrogens is 389 g/mol. The maximum absolute atomic E-state index is 13.1. The zero-order valence-corrected chi connectivity index (χ0v) is 18.1. The molecule has 3 aromatic rings. The third kappa shape index (κ3) is 5.30. The highest BCUT2D eigenvalue weighted by atomic mass is 19.1. The fourth-order valence-electron chi connectivity index (χ4n) is 3.89. The average molecular weight is 418 g/mol. The predicted octanol–water partition coefficient (Wildman–Crippen LogP) is 5.02. The topological polar surface area (TPSA) is 35.6 Å². The summed E-state index contributed by atoms with van der Waals surface area (Å²) >= 11 is 0. The van der Waals surface area contributed by atoms with Crippen LogP contribution in [0.25, 0.3) is 0 Å². The second kappa shape index (κ2) is 9.31. The van der Waals surface area contributed by atoms with E-state index >= 15 is 0 Å². The molecule has 4 rings (SSSR count). The summed E-state index contributed by atoms with van der Waals surface area (Å²) in [6, 6.07) is 20.2. The Morgan fingerprint density at radius 1 is 0.903 bits per heavy atom. The van der Waals surface area contributed by atoms with Gasteiger partial charge < -0.3 is 10.2 Å². The van der Waals surface area contributed by atoms with Crippen molar-refractivity contribution in [2.24, 2.45) is 0 Å². The van der Waals surface area contributed by atoms with Gasteiger partial charge in [-0.2, -0.15) is 0 Å². The largest absolute Gasteiger partial charge is 0.369 e. The zero-order chi connectivity index (χ0) is 21.8. The summed E-state index contributed by atoms with van der Waals surface area (Å²) in [5.74, 6) is -0.509. The van der Waals surface area contributed by atoms with Crippen LogP contribution >= 0.6 is 0 Å². The lowest BCUT2D eigenvalue weighted by Gasteiger charge is -2.36. The number of rotatable bonds is 5. The van der Waals surface area contributed by atoms with Gasteiger partial charge >= 0.3 is 0 Å². The Morgan fingerprint density at radius 2 is 1.65 bits per heavy atom. The van der Waals surface area contributed by atoms with Crippen LogP contribution in [0, 0.1) is 19.7 Å². The Kier molecular flexibility index (Phi) is 6.33. The molecule has 0 bridgehead atoms. The minimum atomic E-state index is -0.322. The fraction of sp³-hybridized carbons (Fsp3) is 0.269. The van der Waals surface area contributed by atoms with E-state index in [1.165, 1.54) is 28.9 Å². The maximum atomic E-state index is 13.1. The Bertz CT molecular complexity index is 1060. The van der Waals surface area contributed by atoms with E-state index < -0.39 is 0 Å². The summed E-state index contributed by atoms with van der Waals surface area (Å²) < 4.78 is 13.1. The van der Waals surface area contributed by atoms with Gasteiger partial charge in [-0.1, -0.05) is 18.2 Å². The minimum absolute atomic E-state index is 0.187. The number of hydrogen-bond acceptors (Lipinski definition) is 3. The van der Waals surface area contributed by atoms with E-state index in [4.69, 9.17) is 0 Å². The number of aryl methyl sites for hydroxylation is 2. The van der Waals surface area contributed by atoms with Crippen molar-refractivity contribution in [2.45, 2.75) is 20.4 Å². The van der Waals surface area contributed by atoms with E-state index in [1.54, 1.807) is 18.2 Å². The number of carbonyl (C=O) groups excluding carboxylic acids is 1. The van der Waals surface area contributed by atoms with Crippen LogP contribution in [0.3, 0.4) is 0 Å². The molecule has 4 nitrogen and oxygen atoms in total. The van der Waals surface area contributed by atoms with Crippen molar-refractivity contribution >= 4 is 17.3 Å². The Balaban J connectivity index is 1.34. The summed E-state index contributed by atoms with van der Waals surface area (Å²) in [6.07, 6.45) is 0. The van der Waals surface area contributed by atoms with Gasteiger partial charge in [0.05, 0.1) is 0 Å². The molecule has 1 aliphatic heterocycles. The number of amides is 1. The summed E-state index contributed by atoms with van der Waals surface area (Å²) in [5.41, 5.74) is 6.25. The van der Waals surface area contributed by atoms with Gasteiger partial charge in [-0.05, 0) is 79.1 Å². The van der Waals surface area contributed by atoms with Crippen LogP contribution in [0.1, 0.15) is 27.0 Å². The van der Waals surface area contributed by atoms with Crippen LogP contribution in [0.5, 0.6) is 0 Å². The molecule has 0 radical (unpaired) electrons. The smallest absolute Gasteiger partial charge is 0.255 e. The monoisotopic (exact) mass is 417 g/mol. The number of benzene rings is 3. The van der Waals surface area contributed by atoms with Gasteiger partial charge in [0, 0.05) is 49.7 Å². The van der Waals surface area contributed by atoms with Crippen molar-refractivity contribution in [1.82, 2.24) is 4.90 Å². The molecular formula is C26H28FN3O. The summed E-state index contributed by atoms with van der Waals surface area (Å²) in [5, 5.41) is 2.82. The molecule has 0 unspecified atom stereocenters. The second-order valence-electron chi connectivity index (χ2n) is 8.19. The quantitative estimate of drug-likeness (QED) is 0.633. The molecule has 0 aromatic heterocycles. The van der Waals surface area contributed by atoms with Gasteiger partial charge in [0.1, 0.15) is 5.82 Å². The van der Waals surface area contributed by atoms with E-state index in [2.05, 4.69) is 53.2 Å². The maximum Gasteiger partial charge on any atom is 0.255 e. The Morgan fingerprint density at radius 3 is 2.35 bits per heavy atom. The summed E-state index contributed by atoms with van der Waals surface area (Å²) in [6.45, 7) is 9.08. The summed E-state index contributed by atoms with van der Waals surface area (Å²) in [4.78, 5) is 17.4.